The Bertz CT molecular complexity index is 294. The fraction of sp³-hybridized carbons (Fsp3) is 0.571. The Morgan fingerprint density at radius 3 is 2.20 bits per heavy atom. The SMILES string of the molecule is Cc1ccc(N[C@H]2CC[C@@H](C)CC2)cc1. The molecule has 2 rings (SSSR count). The second-order valence-electron chi connectivity index (χ2n) is 4.97. The Balaban J connectivity index is 1.89. The van der Waals surface area contributed by atoms with Gasteiger partial charge >= 0.3 is 0 Å². The lowest BCUT2D eigenvalue weighted by Gasteiger charge is -2.27. The standard InChI is InChI=1S/C14H21N/c1-11-3-7-13(8-4-11)15-14-9-5-12(2)6-10-14/h3-4,7-8,12,14-15H,5-6,9-10H2,1-2H3/t12-,14+. The van der Waals surface area contributed by atoms with Gasteiger partial charge in [0.25, 0.3) is 0 Å². The quantitative estimate of drug-likeness (QED) is 0.766. The van der Waals surface area contributed by atoms with Gasteiger partial charge in [-0.05, 0) is 50.7 Å². The largest absolute Gasteiger partial charge is 0.382 e. The van der Waals surface area contributed by atoms with E-state index in [2.05, 4.69) is 43.4 Å². The van der Waals surface area contributed by atoms with Crippen molar-refractivity contribution in [2.45, 2.75) is 45.6 Å². The van der Waals surface area contributed by atoms with E-state index in [4.69, 9.17) is 0 Å². The molecule has 1 aliphatic rings. The maximum absolute atomic E-state index is 3.63. The molecule has 1 aromatic rings. The molecule has 0 heterocycles. The molecule has 1 fully saturated rings. The van der Waals surface area contributed by atoms with Crippen LogP contribution in [0.4, 0.5) is 5.69 Å². The minimum absolute atomic E-state index is 0.698. The van der Waals surface area contributed by atoms with Crippen LogP contribution in [0.25, 0.3) is 0 Å². The topological polar surface area (TPSA) is 12.0 Å². The Labute approximate surface area is 92.9 Å². The lowest BCUT2D eigenvalue weighted by atomic mass is 9.87. The van der Waals surface area contributed by atoms with Crippen molar-refractivity contribution < 1.29 is 0 Å². The normalized spacial score (nSPS) is 26.3. The molecule has 1 heteroatoms. The Hall–Kier alpha value is -0.980. The monoisotopic (exact) mass is 203 g/mol. The molecule has 0 atom stereocenters. The highest BCUT2D eigenvalue weighted by atomic mass is 14.9. The van der Waals surface area contributed by atoms with Gasteiger partial charge in [0, 0.05) is 11.7 Å². The van der Waals surface area contributed by atoms with Crippen molar-refractivity contribution in [2.75, 3.05) is 5.32 Å². The molecule has 1 nitrogen and oxygen atoms in total. The molecule has 0 bridgehead atoms. The molecule has 0 aromatic heterocycles. The van der Waals surface area contributed by atoms with Crippen LogP contribution in [0.3, 0.4) is 0 Å². The highest BCUT2D eigenvalue weighted by Gasteiger charge is 2.17. The second-order valence-corrected chi connectivity index (χ2v) is 4.97. The van der Waals surface area contributed by atoms with Gasteiger partial charge in [-0.25, -0.2) is 0 Å². The lowest BCUT2D eigenvalue weighted by Crippen LogP contribution is -2.25. The molecule has 0 saturated heterocycles. The molecule has 1 N–H and O–H groups in total. The first kappa shape index (κ1) is 10.5. The van der Waals surface area contributed by atoms with Crippen LogP contribution in [-0.4, -0.2) is 6.04 Å². The van der Waals surface area contributed by atoms with E-state index < -0.39 is 0 Å². The molecular formula is C14H21N. The molecule has 0 amide bonds. The second kappa shape index (κ2) is 4.69. The van der Waals surface area contributed by atoms with Crippen LogP contribution in [0, 0.1) is 12.8 Å². The highest BCUT2D eigenvalue weighted by molar-refractivity contribution is 5.45. The molecule has 82 valence electrons. The Morgan fingerprint density at radius 1 is 1.00 bits per heavy atom. The summed E-state index contributed by atoms with van der Waals surface area (Å²) in [6.07, 6.45) is 5.41. The fourth-order valence-electron chi connectivity index (χ4n) is 2.29. The van der Waals surface area contributed by atoms with Crippen LogP contribution < -0.4 is 5.32 Å². The number of rotatable bonds is 2. The van der Waals surface area contributed by atoms with Crippen LogP contribution in [0.1, 0.15) is 38.2 Å². The number of hydrogen-bond donors (Lipinski definition) is 1. The molecule has 1 saturated carbocycles. The van der Waals surface area contributed by atoms with E-state index in [0.717, 1.165) is 5.92 Å². The van der Waals surface area contributed by atoms with Crippen molar-refractivity contribution in [3.63, 3.8) is 0 Å². The molecular weight excluding hydrogens is 182 g/mol. The van der Waals surface area contributed by atoms with E-state index in [1.54, 1.807) is 0 Å². The fourth-order valence-corrected chi connectivity index (χ4v) is 2.29. The maximum Gasteiger partial charge on any atom is 0.0342 e. The van der Waals surface area contributed by atoms with Gasteiger partial charge in [-0.1, -0.05) is 24.6 Å². The first-order valence-corrected chi connectivity index (χ1v) is 6.07. The molecule has 0 radical (unpaired) electrons. The van der Waals surface area contributed by atoms with Gasteiger partial charge in [-0.3, -0.25) is 0 Å². The van der Waals surface area contributed by atoms with Crippen LogP contribution >= 0.6 is 0 Å². The van der Waals surface area contributed by atoms with E-state index in [1.165, 1.54) is 36.9 Å². The van der Waals surface area contributed by atoms with E-state index in [9.17, 15) is 0 Å². The maximum atomic E-state index is 3.63. The summed E-state index contributed by atoms with van der Waals surface area (Å²) in [4.78, 5) is 0. The van der Waals surface area contributed by atoms with Gasteiger partial charge in [-0.2, -0.15) is 0 Å². The average Bonchev–Trinajstić information content (AvgIpc) is 2.25. The zero-order chi connectivity index (χ0) is 10.7. The zero-order valence-corrected chi connectivity index (χ0v) is 9.79. The van der Waals surface area contributed by atoms with Gasteiger partial charge in [0.1, 0.15) is 0 Å². The number of hydrogen-bond acceptors (Lipinski definition) is 1. The first-order chi connectivity index (χ1) is 7.24. The van der Waals surface area contributed by atoms with Crippen molar-refractivity contribution >= 4 is 5.69 Å². The Morgan fingerprint density at radius 2 is 1.60 bits per heavy atom. The summed E-state index contributed by atoms with van der Waals surface area (Å²) >= 11 is 0. The van der Waals surface area contributed by atoms with Crippen molar-refractivity contribution in [3.8, 4) is 0 Å². The predicted molar refractivity (Wildman–Crippen MR) is 66.2 cm³/mol. The van der Waals surface area contributed by atoms with Gasteiger partial charge in [-0.15, -0.1) is 0 Å². The number of benzene rings is 1. The summed E-state index contributed by atoms with van der Waals surface area (Å²) < 4.78 is 0. The third-order valence-electron chi connectivity index (χ3n) is 3.44. The molecule has 15 heavy (non-hydrogen) atoms. The van der Waals surface area contributed by atoms with Gasteiger partial charge in [0.05, 0.1) is 0 Å². The van der Waals surface area contributed by atoms with Gasteiger partial charge in [0.2, 0.25) is 0 Å². The van der Waals surface area contributed by atoms with Crippen LogP contribution in [0.15, 0.2) is 24.3 Å². The number of aryl methyl sites for hydroxylation is 1. The predicted octanol–water partition coefficient (Wildman–Crippen LogP) is 3.99. The summed E-state index contributed by atoms with van der Waals surface area (Å²) in [7, 11) is 0. The van der Waals surface area contributed by atoms with Crippen LogP contribution in [-0.2, 0) is 0 Å². The molecule has 1 aliphatic carbocycles. The zero-order valence-electron chi connectivity index (χ0n) is 9.79. The molecule has 0 spiro atoms. The van der Waals surface area contributed by atoms with Gasteiger partial charge in [0.15, 0.2) is 0 Å². The minimum atomic E-state index is 0.698. The summed E-state index contributed by atoms with van der Waals surface area (Å²) in [6.45, 7) is 4.49. The van der Waals surface area contributed by atoms with E-state index in [-0.39, 0.29) is 0 Å². The van der Waals surface area contributed by atoms with Crippen molar-refractivity contribution in [1.29, 1.82) is 0 Å². The van der Waals surface area contributed by atoms with Crippen molar-refractivity contribution in [3.05, 3.63) is 29.8 Å². The third-order valence-corrected chi connectivity index (χ3v) is 3.44. The van der Waals surface area contributed by atoms with E-state index in [0.29, 0.717) is 6.04 Å². The Kier molecular flexibility index (Phi) is 3.30. The third kappa shape index (κ3) is 2.98. The summed E-state index contributed by atoms with van der Waals surface area (Å²) in [5.41, 5.74) is 2.61. The summed E-state index contributed by atoms with van der Waals surface area (Å²) in [6, 6.07) is 9.42. The van der Waals surface area contributed by atoms with Gasteiger partial charge < -0.3 is 5.32 Å². The highest BCUT2D eigenvalue weighted by Crippen LogP contribution is 2.25. The number of nitrogens with one attached hydrogen (secondary N) is 1. The van der Waals surface area contributed by atoms with E-state index >= 15 is 0 Å². The molecule has 0 aliphatic heterocycles. The molecule has 0 unspecified atom stereocenters. The van der Waals surface area contributed by atoms with Crippen LogP contribution in [0.5, 0.6) is 0 Å². The van der Waals surface area contributed by atoms with E-state index in [1.807, 2.05) is 0 Å². The molecule has 1 aromatic carbocycles. The first-order valence-electron chi connectivity index (χ1n) is 6.07. The average molecular weight is 203 g/mol. The lowest BCUT2D eigenvalue weighted by molar-refractivity contribution is 0.361. The van der Waals surface area contributed by atoms with Crippen molar-refractivity contribution in [1.82, 2.24) is 0 Å². The van der Waals surface area contributed by atoms with Crippen LogP contribution in [0.2, 0.25) is 0 Å². The van der Waals surface area contributed by atoms with Crippen molar-refractivity contribution in [2.24, 2.45) is 5.92 Å². The summed E-state index contributed by atoms with van der Waals surface area (Å²) in [5, 5.41) is 3.63. The smallest absolute Gasteiger partial charge is 0.0342 e. The minimum Gasteiger partial charge on any atom is -0.382 e. The number of anilines is 1. The summed E-state index contributed by atoms with van der Waals surface area (Å²) in [5.74, 6) is 0.932.